The van der Waals surface area contributed by atoms with E-state index < -0.39 is 0 Å². The van der Waals surface area contributed by atoms with Crippen molar-refractivity contribution in [2.75, 3.05) is 6.54 Å². The van der Waals surface area contributed by atoms with Crippen LogP contribution >= 0.6 is 0 Å². The number of hydrogen-bond acceptors (Lipinski definition) is 1. The summed E-state index contributed by atoms with van der Waals surface area (Å²) in [5.41, 5.74) is 2.86. The third-order valence-electron chi connectivity index (χ3n) is 3.08. The number of nitrogens with one attached hydrogen (secondary N) is 1. The lowest BCUT2D eigenvalue weighted by molar-refractivity contribution is 0.638. The molecule has 0 spiro atoms. The van der Waals surface area contributed by atoms with Crippen LogP contribution in [0.3, 0.4) is 0 Å². The van der Waals surface area contributed by atoms with Crippen LogP contribution in [-0.4, -0.2) is 6.54 Å². The Morgan fingerprint density at radius 2 is 2.13 bits per heavy atom. The summed E-state index contributed by atoms with van der Waals surface area (Å²) in [6, 6.07) is 8.93. The first-order valence-corrected chi connectivity index (χ1v) is 6.05. The zero-order valence-corrected chi connectivity index (χ0v) is 9.79. The maximum Gasteiger partial charge on any atom is 0.0205 e. The standard InChI is InChI=1S/C14H21N/c1-11(2)14-5-3-4-13(8-14)10-15-9-12-6-7-12/h3-5,8,11-12,15H,6-7,9-10H2,1-2H3. The van der Waals surface area contributed by atoms with Gasteiger partial charge in [-0.1, -0.05) is 38.1 Å². The first kappa shape index (κ1) is 10.7. The molecule has 1 aromatic carbocycles. The minimum atomic E-state index is 0.633. The molecule has 1 aliphatic rings. The molecule has 1 aliphatic carbocycles. The fraction of sp³-hybridized carbons (Fsp3) is 0.571. The predicted octanol–water partition coefficient (Wildman–Crippen LogP) is 3.31. The first-order valence-electron chi connectivity index (χ1n) is 6.05. The Labute approximate surface area is 92.9 Å². The lowest BCUT2D eigenvalue weighted by atomic mass is 10.0. The van der Waals surface area contributed by atoms with Gasteiger partial charge in [0.05, 0.1) is 0 Å². The van der Waals surface area contributed by atoms with Gasteiger partial charge in [0.2, 0.25) is 0 Å². The van der Waals surface area contributed by atoms with Crippen LogP contribution < -0.4 is 5.32 Å². The van der Waals surface area contributed by atoms with Gasteiger partial charge in [0, 0.05) is 6.54 Å². The van der Waals surface area contributed by atoms with Crippen LogP contribution in [0.15, 0.2) is 24.3 Å². The Morgan fingerprint density at radius 3 is 2.80 bits per heavy atom. The zero-order chi connectivity index (χ0) is 10.7. The Morgan fingerprint density at radius 1 is 1.33 bits per heavy atom. The van der Waals surface area contributed by atoms with Crippen molar-refractivity contribution in [3.8, 4) is 0 Å². The SMILES string of the molecule is CC(C)c1cccc(CNCC2CC2)c1. The van der Waals surface area contributed by atoms with Gasteiger partial charge in [0.25, 0.3) is 0 Å². The van der Waals surface area contributed by atoms with Gasteiger partial charge in [-0.2, -0.15) is 0 Å². The second-order valence-corrected chi connectivity index (χ2v) is 4.97. The van der Waals surface area contributed by atoms with Crippen LogP contribution in [0.2, 0.25) is 0 Å². The van der Waals surface area contributed by atoms with Crippen LogP contribution in [0, 0.1) is 5.92 Å². The molecule has 0 radical (unpaired) electrons. The van der Waals surface area contributed by atoms with Gasteiger partial charge in [-0.3, -0.25) is 0 Å². The van der Waals surface area contributed by atoms with Crippen molar-refractivity contribution in [3.05, 3.63) is 35.4 Å². The summed E-state index contributed by atoms with van der Waals surface area (Å²) in [4.78, 5) is 0. The van der Waals surface area contributed by atoms with E-state index in [-0.39, 0.29) is 0 Å². The molecule has 1 N–H and O–H groups in total. The maximum atomic E-state index is 3.53. The third kappa shape index (κ3) is 3.35. The van der Waals surface area contributed by atoms with Crippen molar-refractivity contribution in [1.29, 1.82) is 0 Å². The predicted molar refractivity (Wildman–Crippen MR) is 65.0 cm³/mol. The van der Waals surface area contributed by atoms with Gasteiger partial charge >= 0.3 is 0 Å². The first-order chi connectivity index (χ1) is 7.25. The summed E-state index contributed by atoms with van der Waals surface area (Å²) in [7, 11) is 0. The van der Waals surface area contributed by atoms with Gasteiger partial charge in [0.15, 0.2) is 0 Å². The average molecular weight is 203 g/mol. The molecular weight excluding hydrogens is 182 g/mol. The minimum Gasteiger partial charge on any atom is -0.312 e. The number of benzene rings is 1. The summed E-state index contributed by atoms with van der Waals surface area (Å²) in [5.74, 6) is 1.60. The fourth-order valence-electron chi connectivity index (χ4n) is 1.80. The van der Waals surface area contributed by atoms with Gasteiger partial charge < -0.3 is 5.32 Å². The highest BCUT2D eigenvalue weighted by molar-refractivity contribution is 5.25. The molecule has 0 unspecified atom stereocenters. The Hall–Kier alpha value is -0.820. The van der Waals surface area contributed by atoms with Crippen molar-refractivity contribution in [2.45, 2.75) is 39.2 Å². The second kappa shape index (κ2) is 4.80. The molecule has 1 saturated carbocycles. The highest BCUT2D eigenvalue weighted by Crippen LogP contribution is 2.27. The molecule has 2 rings (SSSR count). The fourth-order valence-corrected chi connectivity index (χ4v) is 1.80. The van der Waals surface area contributed by atoms with Crippen molar-refractivity contribution < 1.29 is 0 Å². The lowest BCUT2D eigenvalue weighted by Crippen LogP contribution is -2.16. The molecule has 1 aromatic rings. The molecule has 0 saturated heterocycles. The van der Waals surface area contributed by atoms with Crippen LogP contribution in [0.25, 0.3) is 0 Å². The van der Waals surface area contributed by atoms with E-state index in [0.717, 1.165) is 12.5 Å². The second-order valence-electron chi connectivity index (χ2n) is 4.97. The minimum absolute atomic E-state index is 0.633. The highest BCUT2D eigenvalue weighted by atomic mass is 14.9. The van der Waals surface area contributed by atoms with Crippen molar-refractivity contribution in [1.82, 2.24) is 5.32 Å². The van der Waals surface area contributed by atoms with E-state index in [4.69, 9.17) is 0 Å². The summed E-state index contributed by atoms with van der Waals surface area (Å²) < 4.78 is 0. The van der Waals surface area contributed by atoms with E-state index in [1.165, 1.54) is 30.5 Å². The molecule has 1 heteroatoms. The molecule has 82 valence electrons. The van der Waals surface area contributed by atoms with Gasteiger partial charge in [-0.15, -0.1) is 0 Å². The average Bonchev–Trinajstić information content (AvgIpc) is 3.02. The van der Waals surface area contributed by atoms with E-state index in [0.29, 0.717) is 5.92 Å². The Bertz CT molecular complexity index is 313. The van der Waals surface area contributed by atoms with Crippen LogP contribution in [0.5, 0.6) is 0 Å². The van der Waals surface area contributed by atoms with E-state index in [1.54, 1.807) is 0 Å². The molecule has 0 aromatic heterocycles. The molecule has 0 bridgehead atoms. The van der Waals surface area contributed by atoms with E-state index in [2.05, 4.69) is 43.4 Å². The smallest absolute Gasteiger partial charge is 0.0205 e. The summed E-state index contributed by atoms with van der Waals surface area (Å²) in [6.07, 6.45) is 2.86. The van der Waals surface area contributed by atoms with E-state index >= 15 is 0 Å². The van der Waals surface area contributed by atoms with Crippen molar-refractivity contribution in [3.63, 3.8) is 0 Å². The number of hydrogen-bond donors (Lipinski definition) is 1. The summed E-state index contributed by atoms with van der Waals surface area (Å²) >= 11 is 0. The van der Waals surface area contributed by atoms with Gasteiger partial charge in [-0.25, -0.2) is 0 Å². The van der Waals surface area contributed by atoms with E-state index in [9.17, 15) is 0 Å². The van der Waals surface area contributed by atoms with Crippen molar-refractivity contribution in [2.24, 2.45) is 5.92 Å². The molecule has 0 heterocycles. The van der Waals surface area contributed by atoms with Crippen molar-refractivity contribution >= 4 is 0 Å². The van der Waals surface area contributed by atoms with E-state index in [1.807, 2.05) is 0 Å². The molecule has 0 aliphatic heterocycles. The Balaban J connectivity index is 1.86. The third-order valence-corrected chi connectivity index (χ3v) is 3.08. The Kier molecular flexibility index (Phi) is 3.42. The van der Waals surface area contributed by atoms with Crippen LogP contribution in [0.1, 0.15) is 43.7 Å². The normalized spacial score (nSPS) is 15.9. The number of rotatable bonds is 5. The monoisotopic (exact) mass is 203 g/mol. The van der Waals surface area contributed by atoms with Gasteiger partial charge in [-0.05, 0) is 42.3 Å². The molecular formula is C14H21N. The topological polar surface area (TPSA) is 12.0 Å². The molecule has 0 amide bonds. The highest BCUT2D eigenvalue weighted by Gasteiger charge is 2.19. The van der Waals surface area contributed by atoms with Crippen LogP contribution in [-0.2, 0) is 6.54 Å². The summed E-state index contributed by atoms with van der Waals surface area (Å²) in [6.45, 7) is 6.72. The molecule has 0 atom stereocenters. The zero-order valence-electron chi connectivity index (χ0n) is 9.79. The van der Waals surface area contributed by atoms with Gasteiger partial charge in [0.1, 0.15) is 0 Å². The molecule has 1 fully saturated rings. The maximum absolute atomic E-state index is 3.53. The van der Waals surface area contributed by atoms with Crippen LogP contribution in [0.4, 0.5) is 0 Å². The largest absolute Gasteiger partial charge is 0.312 e. The molecule has 1 nitrogen and oxygen atoms in total. The lowest BCUT2D eigenvalue weighted by Gasteiger charge is -2.08. The summed E-state index contributed by atoms with van der Waals surface area (Å²) in [5, 5.41) is 3.53. The molecule has 15 heavy (non-hydrogen) atoms. The quantitative estimate of drug-likeness (QED) is 0.774.